The van der Waals surface area contributed by atoms with Gasteiger partial charge in [-0.15, -0.1) is 0 Å². The second-order valence-corrected chi connectivity index (χ2v) is 10.6. The molecule has 0 spiro atoms. The largest absolute Gasteiger partial charge is 0.354 e. The minimum absolute atomic E-state index is 0.0149. The van der Waals surface area contributed by atoms with Crippen molar-refractivity contribution in [3.8, 4) is 0 Å². The number of aryl methyl sites for hydroxylation is 1. The van der Waals surface area contributed by atoms with Gasteiger partial charge in [0.15, 0.2) is 0 Å². The molecule has 2 aromatic carbocycles. The quantitative estimate of drug-likeness (QED) is 0.519. The molecule has 0 bridgehead atoms. The van der Waals surface area contributed by atoms with Crippen LogP contribution in [0.3, 0.4) is 0 Å². The predicted octanol–water partition coefficient (Wildman–Crippen LogP) is 4.01. The standard InChI is InChI=1S/C23H29Cl2N3O4S/c1-5-12-26-23(30)17(3)27(14-18-8-9-19(24)13-21(18)25)22(29)15-28(33(4,31)32)20-10-6-16(2)7-11-20/h6-11,13,17H,5,12,14-15H2,1-4H3,(H,26,30). The molecule has 0 aliphatic heterocycles. The highest BCUT2D eigenvalue weighted by Gasteiger charge is 2.30. The third kappa shape index (κ3) is 7.62. The number of carbonyl (C=O) groups is 2. The average Bonchev–Trinajstić information content (AvgIpc) is 2.74. The summed E-state index contributed by atoms with van der Waals surface area (Å²) in [5, 5.41) is 3.57. The highest BCUT2D eigenvalue weighted by atomic mass is 35.5. The van der Waals surface area contributed by atoms with Crippen molar-refractivity contribution in [2.75, 3.05) is 23.7 Å². The Morgan fingerprint density at radius 3 is 2.27 bits per heavy atom. The van der Waals surface area contributed by atoms with E-state index >= 15 is 0 Å². The molecule has 0 aromatic heterocycles. The van der Waals surface area contributed by atoms with Crippen LogP contribution in [0.5, 0.6) is 0 Å². The molecule has 0 heterocycles. The first-order valence-electron chi connectivity index (χ1n) is 10.5. The third-order valence-corrected chi connectivity index (χ3v) is 6.80. The van der Waals surface area contributed by atoms with Crippen molar-refractivity contribution in [2.24, 2.45) is 0 Å². The maximum absolute atomic E-state index is 13.4. The van der Waals surface area contributed by atoms with E-state index in [0.29, 0.717) is 27.8 Å². The summed E-state index contributed by atoms with van der Waals surface area (Å²) in [4.78, 5) is 27.4. The van der Waals surface area contributed by atoms with Gasteiger partial charge < -0.3 is 10.2 Å². The summed E-state index contributed by atoms with van der Waals surface area (Å²) in [5.74, 6) is -0.873. The zero-order chi connectivity index (χ0) is 24.8. The van der Waals surface area contributed by atoms with Gasteiger partial charge in [0.1, 0.15) is 12.6 Å². The Balaban J connectivity index is 2.39. The van der Waals surface area contributed by atoms with Crippen molar-refractivity contribution < 1.29 is 18.0 Å². The van der Waals surface area contributed by atoms with E-state index in [1.54, 1.807) is 49.4 Å². The molecule has 0 saturated carbocycles. The van der Waals surface area contributed by atoms with Crippen LogP contribution in [0.2, 0.25) is 10.0 Å². The number of amides is 2. The summed E-state index contributed by atoms with van der Waals surface area (Å²) >= 11 is 12.3. The molecule has 0 radical (unpaired) electrons. The number of nitrogens with zero attached hydrogens (tertiary/aromatic N) is 2. The van der Waals surface area contributed by atoms with E-state index in [9.17, 15) is 18.0 Å². The molecule has 0 saturated heterocycles. The van der Waals surface area contributed by atoms with Gasteiger partial charge in [-0.1, -0.05) is 53.9 Å². The molecular weight excluding hydrogens is 485 g/mol. The molecule has 10 heteroatoms. The predicted molar refractivity (Wildman–Crippen MR) is 133 cm³/mol. The first-order chi connectivity index (χ1) is 15.4. The summed E-state index contributed by atoms with van der Waals surface area (Å²) in [6.07, 6.45) is 1.78. The number of hydrogen-bond acceptors (Lipinski definition) is 4. The van der Waals surface area contributed by atoms with E-state index in [2.05, 4.69) is 5.32 Å². The van der Waals surface area contributed by atoms with Crippen molar-refractivity contribution >= 4 is 50.7 Å². The number of nitrogens with one attached hydrogen (secondary N) is 1. The number of hydrogen-bond donors (Lipinski definition) is 1. The minimum Gasteiger partial charge on any atom is -0.354 e. The van der Waals surface area contributed by atoms with Gasteiger partial charge >= 0.3 is 0 Å². The summed E-state index contributed by atoms with van der Waals surface area (Å²) in [5.41, 5.74) is 1.91. The molecule has 1 unspecified atom stereocenters. The summed E-state index contributed by atoms with van der Waals surface area (Å²) < 4.78 is 26.0. The van der Waals surface area contributed by atoms with Gasteiger partial charge in [0.05, 0.1) is 11.9 Å². The zero-order valence-electron chi connectivity index (χ0n) is 19.1. The molecular formula is C23H29Cl2N3O4S. The van der Waals surface area contributed by atoms with Gasteiger partial charge in [0.2, 0.25) is 21.8 Å². The molecule has 2 rings (SSSR count). The van der Waals surface area contributed by atoms with Gasteiger partial charge in [-0.05, 0) is 50.1 Å². The van der Waals surface area contributed by atoms with Crippen molar-refractivity contribution in [3.63, 3.8) is 0 Å². The Labute approximate surface area is 205 Å². The van der Waals surface area contributed by atoms with Crippen LogP contribution in [0.4, 0.5) is 5.69 Å². The molecule has 33 heavy (non-hydrogen) atoms. The van der Waals surface area contributed by atoms with Crippen molar-refractivity contribution in [3.05, 3.63) is 63.6 Å². The fourth-order valence-electron chi connectivity index (χ4n) is 3.14. The maximum atomic E-state index is 13.4. The molecule has 0 fully saturated rings. The van der Waals surface area contributed by atoms with E-state index in [-0.39, 0.29) is 12.5 Å². The lowest BCUT2D eigenvalue weighted by Crippen LogP contribution is -2.51. The van der Waals surface area contributed by atoms with E-state index in [0.717, 1.165) is 22.5 Å². The van der Waals surface area contributed by atoms with Crippen LogP contribution in [-0.4, -0.2) is 50.5 Å². The van der Waals surface area contributed by atoms with Crippen LogP contribution < -0.4 is 9.62 Å². The SMILES string of the molecule is CCCNC(=O)C(C)N(Cc1ccc(Cl)cc1Cl)C(=O)CN(c1ccc(C)cc1)S(C)(=O)=O. The average molecular weight is 514 g/mol. The Hall–Kier alpha value is -2.29. The Bertz CT molecular complexity index is 1090. The number of anilines is 1. The second kappa shape index (κ2) is 11.7. The number of halogens is 2. The van der Waals surface area contributed by atoms with Crippen molar-refractivity contribution in [1.29, 1.82) is 0 Å². The fourth-order valence-corrected chi connectivity index (χ4v) is 4.45. The number of carbonyl (C=O) groups excluding carboxylic acids is 2. The maximum Gasteiger partial charge on any atom is 0.244 e. The molecule has 1 atom stereocenters. The summed E-state index contributed by atoms with van der Waals surface area (Å²) in [7, 11) is -3.76. The monoisotopic (exact) mass is 513 g/mol. The highest BCUT2D eigenvalue weighted by Crippen LogP contribution is 2.24. The van der Waals surface area contributed by atoms with Crippen LogP contribution >= 0.6 is 23.2 Å². The van der Waals surface area contributed by atoms with Crippen LogP contribution in [0, 0.1) is 6.92 Å². The third-order valence-electron chi connectivity index (χ3n) is 5.07. The van der Waals surface area contributed by atoms with Gasteiger partial charge in [-0.25, -0.2) is 8.42 Å². The molecule has 1 N–H and O–H groups in total. The van der Waals surface area contributed by atoms with Crippen molar-refractivity contribution in [1.82, 2.24) is 10.2 Å². The number of benzene rings is 2. The van der Waals surface area contributed by atoms with Crippen LogP contribution in [-0.2, 0) is 26.2 Å². The first kappa shape index (κ1) is 27.0. The topological polar surface area (TPSA) is 86.8 Å². The van der Waals surface area contributed by atoms with E-state index in [1.165, 1.54) is 4.90 Å². The lowest BCUT2D eigenvalue weighted by Gasteiger charge is -2.31. The number of rotatable bonds is 10. The molecule has 2 aromatic rings. The van der Waals surface area contributed by atoms with Gasteiger partial charge in [0.25, 0.3) is 0 Å². The molecule has 0 aliphatic rings. The van der Waals surface area contributed by atoms with Crippen LogP contribution in [0.25, 0.3) is 0 Å². The molecule has 7 nitrogen and oxygen atoms in total. The lowest BCUT2D eigenvalue weighted by atomic mass is 10.1. The minimum atomic E-state index is -3.76. The zero-order valence-corrected chi connectivity index (χ0v) is 21.5. The fraction of sp³-hybridized carbons (Fsp3) is 0.391. The highest BCUT2D eigenvalue weighted by molar-refractivity contribution is 7.92. The summed E-state index contributed by atoms with van der Waals surface area (Å²) in [6.45, 7) is 5.43. The van der Waals surface area contributed by atoms with Crippen molar-refractivity contribution in [2.45, 2.75) is 39.8 Å². The van der Waals surface area contributed by atoms with Gasteiger partial charge in [0, 0.05) is 23.1 Å². The van der Waals surface area contributed by atoms with E-state index in [4.69, 9.17) is 23.2 Å². The second-order valence-electron chi connectivity index (χ2n) is 7.83. The van der Waals surface area contributed by atoms with E-state index in [1.807, 2.05) is 13.8 Å². The smallest absolute Gasteiger partial charge is 0.244 e. The number of sulfonamides is 1. The van der Waals surface area contributed by atoms with E-state index < -0.39 is 28.5 Å². The Morgan fingerprint density at radius 2 is 1.73 bits per heavy atom. The Morgan fingerprint density at radius 1 is 1.09 bits per heavy atom. The van der Waals surface area contributed by atoms with Crippen LogP contribution in [0.15, 0.2) is 42.5 Å². The summed E-state index contributed by atoms with van der Waals surface area (Å²) in [6, 6.07) is 10.8. The molecule has 0 aliphatic carbocycles. The lowest BCUT2D eigenvalue weighted by molar-refractivity contribution is -0.139. The van der Waals surface area contributed by atoms with Gasteiger partial charge in [-0.2, -0.15) is 0 Å². The van der Waals surface area contributed by atoms with Crippen LogP contribution in [0.1, 0.15) is 31.4 Å². The molecule has 2 amide bonds. The molecule has 180 valence electrons. The Kier molecular flexibility index (Phi) is 9.57. The normalized spacial score (nSPS) is 12.2. The first-order valence-corrected chi connectivity index (χ1v) is 13.1. The van der Waals surface area contributed by atoms with Gasteiger partial charge in [-0.3, -0.25) is 13.9 Å².